The summed E-state index contributed by atoms with van der Waals surface area (Å²) in [5.74, 6) is 0.129. The smallest absolute Gasteiger partial charge is 0.223 e. The van der Waals surface area contributed by atoms with Gasteiger partial charge in [-0.05, 0) is 6.42 Å². The maximum Gasteiger partial charge on any atom is 0.223 e. The van der Waals surface area contributed by atoms with Gasteiger partial charge in [-0.1, -0.05) is 6.08 Å². The third-order valence-electron chi connectivity index (χ3n) is 1.99. The Morgan fingerprint density at radius 2 is 2.55 bits per heavy atom. The zero-order chi connectivity index (χ0) is 8.27. The van der Waals surface area contributed by atoms with Crippen LogP contribution in [0.15, 0.2) is 12.7 Å². The molecule has 0 aromatic carbocycles. The Balaban J connectivity index is 2.55. The topological polar surface area (TPSA) is 40.5 Å². The maximum absolute atomic E-state index is 11.1. The number of carbonyl (C=O) groups excluding carboxylic acids is 1. The third kappa shape index (κ3) is 1.60. The molecule has 0 spiro atoms. The minimum absolute atomic E-state index is 0.0378. The minimum atomic E-state index is 0.0378. The lowest BCUT2D eigenvalue weighted by atomic mass is 10.2. The van der Waals surface area contributed by atoms with Crippen LogP contribution in [0.2, 0.25) is 0 Å². The second-order valence-corrected chi connectivity index (χ2v) is 2.65. The summed E-state index contributed by atoms with van der Waals surface area (Å²) >= 11 is 0. The average Bonchev–Trinajstić information content (AvgIpc) is 2.34. The molecule has 1 rings (SSSR count). The lowest BCUT2D eigenvalue weighted by molar-refractivity contribution is -0.128. The standard InChI is InChI=1S/C8H13NO2/c1-2-7-3-4-8(11)9(7)5-6-10/h2,7,10H,1,3-6H2. The first-order valence-electron chi connectivity index (χ1n) is 3.82. The van der Waals surface area contributed by atoms with Crippen molar-refractivity contribution in [2.24, 2.45) is 0 Å². The summed E-state index contributed by atoms with van der Waals surface area (Å²) in [5, 5.41) is 8.63. The SMILES string of the molecule is C=CC1CCC(=O)N1CCO. The van der Waals surface area contributed by atoms with Gasteiger partial charge in [-0.25, -0.2) is 0 Å². The molecule has 1 atom stereocenters. The third-order valence-corrected chi connectivity index (χ3v) is 1.99. The fourth-order valence-corrected chi connectivity index (χ4v) is 1.40. The van der Waals surface area contributed by atoms with E-state index in [-0.39, 0.29) is 18.6 Å². The molecule has 1 heterocycles. The molecule has 1 aliphatic rings. The van der Waals surface area contributed by atoms with Crippen LogP contribution in [0, 0.1) is 0 Å². The summed E-state index contributed by atoms with van der Waals surface area (Å²) in [6.07, 6.45) is 3.21. The van der Waals surface area contributed by atoms with E-state index >= 15 is 0 Å². The van der Waals surface area contributed by atoms with Crippen LogP contribution >= 0.6 is 0 Å². The molecule has 0 aromatic heterocycles. The van der Waals surface area contributed by atoms with Crippen LogP contribution in [0.1, 0.15) is 12.8 Å². The van der Waals surface area contributed by atoms with Crippen molar-refractivity contribution in [3.63, 3.8) is 0 Å². The van der Waals surface area contributed by atoms with E-state index in [4.69, 9.17) is 5.11 Å². The number of aliphatic hydroxyl groups is 1. The number of amides is 1. The van der Waals surface area contributed by atoms with E-state index in [1.54, 1.807) is 11.0 Å². The van der Waals surface area contributed by atoms with E-state index in [2.05, 4.69) is 6.58 Å². The highest BCUT2D eigenvalue weighted by atomic mass is 16.3. The fraction of sp³-hybridized carbons (Fsp3) is 0.625. The molecule has 0 saturated carbocycles. The molecular formula is C8H13NO2. The van der Waals surface area contributed by atoms with Gasteiger partial charge in [0.15, 0.2) is 0 Å². The Morgan fingerprint density at radius 1 is 1.82 bits per heavy atom. The minimum Gasteiger partial charge on any atom is -0.395 e. The molecule has 3 heteroatoms. The lowest BCUT2D eigenvalue weighted by Crippen LogP contribution is -2.33. The van der Waals surface area contributed by atoms with Crippen molar-refractivity contribution in [3.8, 4) is 0 Å². The summed E-state index contributed by atoms with van der Waals surface area (Å²) in [5.41, 5.74) is 0. The largest absolute Gasteiger partial charge is 0.395 e. The van der Waals surface area contributed by atoms with E-state index in [0.29, 0.717) is 13.0 Å². The zero-order valence-electron chi connectivity index (χ0n) is 6.49. The molecule has 0 radical (unpaired) electrons. The predicted octanol–water partition coefficient (Wildman–Crippen LogP) is 0.156. The molecule has 0 aliphatic carbocycles. The Hall–Kier alpha value is -0.830. The normalized spacial score (nSPS) is 24.3. The average molecular weight is 155 g/mol. The Bertz CT molecular complexity index is 167. The first kappa shape index (κ1) is 8.27. The van der Waals surface area contributed by atoms with Crippen molar-refractivity contribution in [2.45, 2.75) is 18.9 Å². The van der Waals surface area contributed by atoms with E-state index in [1.165, 1.54) is 0 Å². The van der Waals surface area contributed by atoms with E-state index in [0.717, 1.165) is 6.42 Å². The number of likely N-dealkylation sites (tertiary alicyclic amines) is 1. The Labute approximate surface area is 66.3 Å². The van der Waals surface area contributed by atoms with Gasteiger partial charge in [0, 0.05) is 13.0 Å². The van der Waals surface area contributed by atoms with Gasteiger partial charge in [-0.3, -0.25) is 4.79 Å². The molecule has 62 valence electrons. The highest BCUT2D eigenvalue weighted by Crippen LogP contribution is 2.18. The second-order valence-electron chi connectivity index (χ2n) is 2.65. The Kier molecular flexibility index (Phi) is 2.65. The van der Waals surface area contributed by atoms with Crippen LogP contribution in [0.4, 0.5) is 0 Å². The summed E-state index contributed by atoms with van der Waals surface area (Å²) in [6.45, 7) is 4.11. The van der Waals surface area contributed by atoms with Gasteiger partial charge in [0.2, 0.25) is 5.91 Å². The summed E-state index contributed by atoms with van der Waals surface area (Å²) in [7, 11) is 0. The molecule has 11 heavy (non-hydrogen) atoms. The quantitative estimate of drug-likeness (QED) is 0.589. The van der Waals surface area contributed by atoms with Crippen molar-refractivity contribution < 1.29 is 9.90 Å². The van der Waals surface area contributed by atoms with Crippen molar-refractivity contribution in [1.29, 1.82) is 0 Å². The molecule has 1 unspecified atom stereocenters. The van der Waals surface area contributed by atoms with Crippen LogP contribution < -0.4 is 0 Å². The highest BCUT2D eigenvalue weighted by molar-refractivity contribution is 5.79. The second kappa shape index (κ2) is 3.53. The fourth-order valence-electron chi connectivity index (χ4n) is 1.40. The number of carbonyl (C=O) groups is 1. The number of hydrogen-bond acceptors (Lipinski definition) is 2. The molecule has 1 aliphatic heterocycles. The van der Waals surface area contributed by atoms with Crippen molar-refractivity contribution >= 4 is 5.91 Å². The molecule has 0 bridgehead atoms. The van der Waals surface area contributed by atoms with Crippen LogP contribution in [0.25, 0.3) is 0 Å². The number of nitrogens with zero attached hydrogens (tertiary/aromatic N) is 1. The molecular weight excluding hydrogens is 142 g/mol. The number of β-amino-alcohol motifs (C(OH)–C–C–N with tert-alkyl or cyclic N) is 1. The van der Waals surface area contributed by atoms with E-state index < -0.39 is 0 Å². The van der Waals surface area contributed by atoms with Crippen LogP contribution in [-0.4, -0.2) is 35.1 Å². The van der Waals surface area contributed by atoms with E-state index in [1.807, 2.05) is 0 Å². The van der Waals surface area contributed by atoms with Gasteiger partial charge < -0.3 is 10.0 Å². The number of aliphatic hydroxyl groups excluding tert-OH is 1. The maximum atomic E-state index is 11.1. The zero-order valence-corrected chi connectivity index (χ0v) is 6.49. The molecule has 1 amide bonds. The monoisotopic (exact) mass is 155 g/mol. The summed E-state index contributed by atoms with van der Waals surface area (Å²) in [6, 6.07) is 0.148. The first-order valence-corrected chi connectivity index (χ1v) is 3.82. The number of hydrogen-bond donors (Lipinski definition) is 1. The summed E-state index contributed by atoms with van der Waals surface area (Å²) in [4.78, 5) is 12.8. The van der Waals surface area contributed by atoms with Gasteiger partial charge in [0.25, 0.3) is 0 Å². The van der Waals surface area contributed by atoms with E-state index in [9.17, 15) is 4.79 Å². The van der Waals surface area contributed by atoms with Gasteiger partial charge in [0.1, 0.15) is 0 Å². The molecule has 1 N–H and O–H groups in total. The van der Waals surface area contributed by atoms with Crippen molar-refractivity contribution in [3.05, 3.63) is 12.7 Å². The van der Waals surface area contributed by atoms with Crippen LogP contribution in [-0.2, 0) is 4.79 Å². The molecule has 0 aromatic rings. The van der Waals surface area contributed by atoms with Gasteiger partial charge in [0.05, 0.1) is 12.6 Å². The predicted molar refractivity (Wildman–Crippen MR) is 42.0 cm³/mol. The number of rotatable bonds is 3. The van der Waals surface area contributed by atoms with Crippen molar-refractivity contribution in [1.82, 2.24) is 4.90 Å². The lowest BCUT2D eigenvalue weighted by Gasteiger charge is -2.20. The molecule has 1 fully saturated rings. The highest BCUT2D eigenvalue weighted by Gasteiger charge is 2.27. The van der Waals surface area contributed by atoms with Crippen molar-refractivity contribution in [2.75, 3.05) is 13.2 Å². The van der Waals surface area contributed by atoms with Gasteiger partial charge in [-0.15, -0.1) is 6.58 Å². The van der Waals surface area contributed by atoms with Crippen LogP contribution in [0.5, 0.6) is 0 Å². The first-order chi connectivity index (χ1) is 5.29. The van der Waals surface area contributed by atoms with Crippen LogP contribution in [0.3, 0.4) is 0 Å². The molecule has 3 nitrogen and oxygen atoms in total. The van der Waals surface area contributed by atoms with Gasteiger partial charge >= 0.3 is 0 Å². The van der Waals surface area contributed by atoms with Gasteiger partial charge in [-0.2, -0.15) is 0 Å². The Morgan fingerprint density at radius 3 is 3.09 bits per heavy atom. The molecule has 1 saturated heterocycles. The summed E-state index contributed by atoms with van der Waals surface area (Å²) < 4.78 is 0.